The van der Waals surface area contributed by atoms with E-state index in [4.69, 9.17) is 0 Å². The summed E-state index contributed by atoms with van der Waals surface area (Å²) in [6, 6.07) is 9.78. The summed E-state index contributed by atoms with van der Waals surface area (Å²) in [6.07, 6.45) is 0.935. The van der Waals surface area contributed by atoms with Gasteiger partial charge in [0.2, 0.25) is 5.43 Å². The molecule has 0 aliphatic rings. The first kappa shape index (κ1) is 13.5. The lowest BCUT2D eigenvalue weighted by atomic mass is 10.1. The predicted molar refractivity (Wildman–Crippen MR) is 76.7 cm³/mol. The minimum Gasteiger partial charge on any atom is -0.314 e. The highest BCUT2D eigenvalue weighted by Gasteiger charge is 2.09. The first-order valence-electron chi connectivity index (χ1n) is 6.50. The second-order valence-electron chi connectivity index (χ2n) is 4.52. The van der Waals surface area contributed by atoms with E-state index in [1.54, 1.807) is 6.07 Å². The molecule has 0 saturated heterocycles. The van der Waals surface area contributed by atoms with Crippen LogP contribution >= 0.6 is 0 Å². The van der Waals surface area contributed by atoms with E-state index in [1.807, 2.05) is 36.9 Å². The van der Waals surface area contributed by atoms with Crippen molar-refractivity contribution < 1.29 is 0 Å². The maximum absolute atomic E-state index is 11.9. The van der Waals surface area contributed by atoms with Crippen molar-refractivity contribution >= 4 is 0 Å². The Labute approximate surface area is 113 Å². The average molecular weight is 257 g/mol. The normalized spacial score (nSPS) is 10.7. The third kappa shape index (κ3) is 2.74. The fourth-order valence-corrected chi connectivity index (χ4v) is 2.13. The van der Waals surface area contributed by atoms with Crippen molar-refractivity contribution in [3.8, 4) is 5.69 Å². The van der Waals surface area contributed by atoms with Gasteiger partial charge >= 0.3 is 0 Å². The SMILES string of the molecule is CCc1ccccc1-n1nc(CNC)c(=O)cc1C. The molecule has 0 unspecified atom stereocenters. The van der Waals surface area contributed by atoms with Gasteiger partial charge in [-0.1, -0.05) is 25.1 Å². The van der Waals surface area contributed by atoms with Crippen LogP contribution < -0.4 is 10.7 Å². The van der Waals surface area contributed by atoms with E-state index in [1.165, 1.54) is 5.56 Å². The largest absolute Gasteiger partial charge is 0.314 e. The van der Waals surface area contributed by atoms with Gasteiger partial charge in [-0.05, 0) is 32.0 Å². The molecule has 0 aliphatic heterocycles. The van der Waals surface area contributed by atoms with Crippen molar-refractivity contribution in [2.45, 2.75) is 26.8 Å². The van der Waals surface area contributed by atoms with Gasteiger partial charge in [0, 0.05) is 18.3 Å². The van der Waals surface area contributed by atoms with Crippen LogP contribution in [0.25, 0.3) is 5.69 Å². The Balaban J connectivity index is 2.61. The Hall–Kier alpha value is -1.94. The molecule has 0 atom stereocenters. The topological polar surface area (TPSA) is 46.9 Å². The first-order valence-corrected chi connectivity index (χ1v) is 6.50. The van der Waals surface area contributed by atoms with Gasteiger partial charge in [-0.15, -0.1) is 0 Å². The van der Waals surface area contributed by atoms with Crippen molar-refractivity contribution in [3.63, 3.8) is 0 Å². The zero-order valence-corrected chi connectivity index (χ0v) is 11.6. The van der Waals surface area contributed by atoms with Gasteiger partial charge in [0.1, 0.15) is 5.69 Å². The minimum absolute atomic E-state index is 0.0166. The molecule has 100 valence electrons. The average Bonchev–Trinajstić information content (AvgIpc) is 2.42. The van der Waals surface area contributed by atoms with Gasteiger partial charge in [0.25, 0.3) is 0 Å². The van der Waals surface area contributed by atoms with Crippen molar-refractivity contribution in [2.75, 3.05) is 7.05 Å². The number of aryl methyl sites for hydroxylation is 2. The first-order chi connectivity index (χ1) is 9.17. The summed E-state index contributed by atoms with van der Waals surface area (Å²) >= 11 is 0. The van der Waals surface area contributed by atoms with Crippen LogP contribution in [0.3, 0.4) is 0 Å². The van der Waals surface area contributed by atoms with Crippen LogP contribution in [0.1, 0.15) is 23.9 Å². The van der Waals surface area contributed by atoms with Gasteiger partial charge in [-0.25, -0.2) is 4.68 Å². The number of nitrogens with one attached hydrogen (secondary N) is 1. The summed E-state index contributed by atoms with van der Waals surface area (Å²) in [5, 5.41) is 7.46. The highest BCUT2D eigenvalue weighted by atomic mass is 16.1. The minimum atomic E-state index is -0.0166. The summed E-state index contributed by atoms with van der Waals surface area (Å²) in [6.45, 7) is 4.50. The van der Waals surface area contributed by atoms with Crippen LogP contribution in [0, 0.1) is 6.92 Å². The van der Waals surface area contributed by atoms with Crippen molar-refractivity contribution in [3.05, 3.63) is 57.5 Å². The standard InChI is InChI=1S/C15H19N3O/c1-4-12-7-5-6-8-14(12)18-11(2)9-15(19)13(17-18)10-16-3/h5-9,16H,4,10H2,1-3H3. The fourth-order valence-electron chi connectivity index (χ4n) is 2.13. The lowest BCUT2D eigenvalue weighted by Crippen LogP contribution is -2.23. The smallest absolute Gasteiger partial charge is 0.204 e. The molecular formula is C15H19N3O. The second-order valence-corrected chi connectivity index (χ2v) is 4.52. The van der Waals surface area contributed by atoms with Gasteiger partial charge in [0.15, 0.2) is 0 Å². The fraction of sp³-hybridized carbons (Fsp3) is 0.333. The molecule has 2 rings (SSSR count). The molecule has 0 radical (unpaired) electrons. The Morgan fingerprint density at radius 1 is 1.32 bits per heavy atom. The molecule has 1 aromatic heterocycles. The molecule has 0 fully saturated rings. The second kappa shape index (κ2) is 5.80. The van der Waals surface area contributed by atoms with Crippen LogP contribution in [-0.4, -0.2) is 16.8 Å². The number of hydrogen-bond donors (Lipinski definition) is 1. The Morgan fingerprint density at radius 2 is 2.05 bits per heavy atom. The van der Waals surface area contributed by atoms with Crippen LogP contribution in [-0.2, 0) is 13.0 Å². The predicted octanol–water partition coefficient (Wildman–Crippen LogP) is 1.82. The highest BCUT2D eigenvalue weighted by molar-refractivity contribution is 5.41. The summed E-state index contributed by atoms with van der Waals surface area (Å²) in [5.74, 6) is 0. The molecule has 0 spiro atoms. The molecule has 4 nitrogen and oxygen atoms in total. The van der Waals surface area contributed by atoms with E-state index < -0.39 is 0 Å². The molecule has 1 heterocycles. The third-order valence-corrected chi connectivity index (χ3v) is 3.12. The number of rotatable bonds is 4. The maximum atomic E-state index is 11.9. The molecule has 0 aliphatic carbocycles. The molecule has 0 saturated carbocycles. The zero-order chi connectivity index (χ0) is 13.8. The van der Waals surface area contributed by atoms with Crippen LogP contribution in [0.5, 0.6) is 0 Å². The van der Waals surface area contributed by atoms with Gasteiger partial charge in [-0.2, -0.15) is 5.10 Å². The van der Waals surface area contributed by atoms with Crippen molar-refractivity contribution in [2.24, 2.45) is 0 Å². The summed E-state index contributed by atoms with van der Waals surface area (Å²) in [7, 11) is 1.81. The molecule has 0 amide bonds. The lowest BCUT2D eigenvalue weighted by Gasteiger charge is -2.14. The van der Waals surface area contributed by atoms with Crippen molar-refractivity contribution in [1.82, 2.24) is 15.1 Å². The van der Waals surface area contributed by atoms with Gasteiger partial charge in [0.05, 0.1) is 5.69 Å². The van der Waals surface area contributed by atoms with E-state index in [2.05, 4.69) is 23.4 Å². The third-order valence-electron chi connectivity index (χ3n) is 3.12. The van der Waals surface area contributed by atoms with E-state index >= 15 is 0 Å². The Kier molecular flexibility index (Phi) is 4.12. The molecule has 1 N–H and O–H groups in total. The molecule has 19 heavy (non-hydrogen) atoms. The molecular weight excluding hydrogens is 238 g/mol. The number of aromatic nitrogens is 2. The highest BCUT2D eigenvalue weighted by Crippen LogP contribution is 2.15. The van der Waals surface area contributed by atoms with E-state index in [-0.39, 0.29) is 5.43 Å². The molecule has 0 bridgehead atoms. The lowest BCUT2D eigenvalue weighted by molar-refractivity contribution is 0.700. The van der Waals surface area contributed by atoms with Crippen LogP contribution in [0.2, 0.25) is 0 Å². The van der Waals surface area contributed by atoms with E-state index in [0.717, 1.165) is 17.8 Å². The van der Waals surface area contributed by atoms with Crippen LogP contribution in [0.4, 0.5) is 0 Å². The summed E-state index contributed by atoms with van der Waals surface area (Å²) < 4.78 is 1.85. The van der Waals surface area contributed by atoms with Crippen molar-refractivity contribution in [1.29, 1.82) is 0 Å². The number of benzene rings is 1. The quantitative estimate of drug-likeness (QED) is 0.909. The maximum Gasteiger partial charge on any atom is 0.204 e. The monoisotopic (exact) mass is 257 g/mol. The summed E-state index contributed by atoms with van der Waals surface area (Å²) in [4.78, 5) is 11.9. The molecule has 4 heteroatoms. The number of para-hydroxylation sites is 1. The molecule has 1 aromatic carbocycles. The number of nitrogens with zero attached hydrogens (tertiary/aromatic N) is 2. The summed E-state index contributed by atoms with van der Waals surface area (Å²) in [5.41, 5.74) is 3.64. The van der Waals surface area contributed by atoms with Gasteiger partial charge in [-0.3, -0.25) is 4.79 Å². The molecule has 2 aromatic rings. The zero-order valence-electron chi connectivity index (χ0n) is 11.6. The van der Waals surface area contributed by atoms with E-state index in [9.17, 15) is 4.79 Å². The Morgan fingerprint density at radius 3 is 2.74 bits per heavy atom. The Bertz CT molecular complexity index is 632. The number of hydrogen-bond acceptors (Lipinski definition) is 3. The van der Waals surface area contributed by atoms with Crippen LogP contribution in [0.15, 0.2) is 35.1 Å². The van der Waals surface area contributed by atoms with E-state index in [0.29, 0.717) is 12.2 Å². The van der Waals surface area contributed by atoms with Gasteiger partial charge < -0.3 is 5.32 Å².